The number of benzene rings is 1. The molecular weight excluding hydrogens is 372 g/mol. The van der Waals surface area contributed by atoms with Crippen molar-refractivity contribution >= 4 is 5.96 Å². The summed E-state index contributed by atoms with van der Waals surface area (Å²) in [7, 11) is 5.39. The smallest absolute Gasteiger partial charge is 0.191 e. The first-order chi connectivity index (χ1) is 14.0. The van der Waals surface area contributed by atoms with Gasteiger partial charge in [-0.3, -0.25) is 4.99 Å². The number of rotatable bonds is 6. The van der Waals surface area contributed by atoms with Crippen LogP contribution in [0, 0.1) is 11.6 Å². The summed E-state index contributed by atoms with van der Waals surface area (Å²) >= 11 is 0. The van der Waals surface area contributed by atoms with Gasteiger partial charge in [0.2, 0.25) is 0 Å². The second-order valence-corrected chi connectivity index (χ2v) is 8.46. The summed E-state index contributed by atoms with van der Waals surface area (Å²) in [4.78, 5) is 8.79. The van der Waals surface area contributed by atoms with E-state index in [-0.39, 0.29) is 5.56 Å². The van der Waals surface area contributed by atoms with Gasteiger partial charge in [0, 0.05) is 44.3 Å². The van der Waals surface area contributed by atoms with Crippen molar-refractivity contribution in [2.45, 2.75) is 56.7 Å². The first kappa shape index (κ1) is 22.0. The maximum absolute atomic E-state index is 14.3. The molecule has 2 fully saturated rings. The molecule has 0 radical (unpaired) electrons. The van der Waals surface area contributed by atoms with Gasteiger partial charge in [-0.25, -0.2) is 8.78 Å². The maximum Gasteiger partial charge on any atom is 0.191 e. The molecule has 2 N–H and O–H groups in total. The Bertz CT molecular complexity index is 660. The van der Waals surface area contributed by atoms with Crippen molar-refractivity contribution in [1.29, 1.82) is 0 Å². The lowest BCUT2D eigenvalue weighted by molar-refractivity contribution is 0.150. The molecule has 0 spiro atoms. The Morgan fingerprint density at radius 1 is 1.14 bits per heavy atom. The largest absolute Gasteiger partial charge is 0.354 e. The molecule has 1 heterocycles. The van der Waals surface area contributed by atoms with E-state index >= 15 is 0 Å². The molecule has 1 saturated carbocycles. The molecule has 2 aliphatic rings. The van der Waals surface area contributed by atoms with E-state index < -0.39 is 17.7 Å². The number of guanidine groups is 1. The number of likely N-dealkylation sites (tertiary alicyclic amines) is 1. The average molecular weight is 408 g/mol. The number of aliphatic imine (C=N–C) groups is 1. The molecule has 1 aromatic rings. The first-order valence-electron chi connectivity index (χ1n) is 10.8. The zero-order valence-electron chi connectivity index (χ0n) is 17.9. The van der Waals surface area contributed by atoms with Crippen LogP contribution in [0.2, 0.25) is 0 Å². The molecule has 7 heteroatoms. The molecule has 0 aromatic heterocycles. The van der Waals surface area contributed by atoms with E-state index in [9.17, 15) is 8.78 Å². The SMILES string of the molecule is CN=C(NCC(c1c(F)cccc1F)N(C)C)NC1CCN(C2CCCC2)CC1. The number of nitrogens with one attached hydrogen (secondary N) is 2. The molecule has 162 valence electrons. The van der Waals surface area contributed by atoms with Crippen LogP contribution < -0.4 is 10.6 Å². The molecule has 0 amide bonds. The number of nitrogens with zero attached hydrogens (tertiary/aromatic N) is 3. The molecule has 1 aliphatic heterocycles. The van der Waals surface area contributed by atoms with Gasteiger partial charge in [-0.1, -0.05) is 18.9 Å². The van der Waals surface area contributed by atoms with Gasteiger partial charge in [0.25, 0.3) is 0 Å². The number of halogens is 2. The molecule has 1 saturated heterocycles. The van der Waals surface area contributed by atoms with Crippen molar-refractivity contribution in [2.24, 2.45) is 4.99 Å². The van der Waals surface area contributed by atoms with E-state index in [0.29, 0.717) is 18.5 Å². The molecule has 5 nitrogen and oxygen atoms in total. The van der Waals surface area contributed by atoms with Crippen molar-refractivity contribution in [1.82, 2.24) is 20.4 Å². The summed E-state index contributed by atoms with van der Waals surface area (Å²) in [6, 6.07) is 4.73. The Morgan fingerprint density at radius 3 is 2.31 bits per heavy atom. The van der Waals surface area contributed by atoms with Gasteiger partial charge in [-0.2, -0.15) is 0 Å². The van der Waals surface area contributed by atoms with Gasteiger partial charge in [-0.15, -0.1) is 0 Å². The zero-order valence-corrected chi connectivity index (χ0v) is 17.9. The summed E-state index contributed by atoms with van der Waals surface area (Å²) in [5.41, 5.74) is 0.0883. The van der Waals surface area contributed by atoms with Crippen molar-refractivity contribution in [2.75, 3.05) is 40.8 Å². The predicted molar refractivity (Wildman–Crippen MR) is 114 cm³/mol. The third-order valence-electron chi connectivity index (χ3n) is 6.35. The van der Waals surface area contributed by atoms with Gasteiger partial charge in [0.1, 0.15) is 11.6 Å². The minimum absolute atomic E-state index is 0.0883. The fourth-order valence-electron chi connectivity index (χ4n) is 4.63. The second-order valence-electron chi connectivity index (χ2n) is 8.46. The summed E-state index contributed by atoms with van der Waals surface area (Å²) in [5.74, 6) is -0.353. The first-order valence-corrected chi connectivity index (χ1v) is 10.8. The Balaban J connectivity index is 1.53. The number of likely N-dealkylation sites (N-methyl/N-ethyl adjacent to an activating group) is 1. The van der Waals surface area contributed by atoms with Gasteiger partial charge in [0.05, 0.1) is 6.04 Å². The zero-order chi connectivity index (χ0) is 20.8. The maximum atomic E-state index is 14.3. The van der Waals surface area contributed by atoms with Crippen LogP contribution in [-0.2, 0) is 0 Å². The Kier molecular flexibility index (Phi) is 7.84. The summed E-state index contributed by atoms with van der Waals surface area (Å²) in [6.07, 6.45) is 7.62. The topological polar surface area (TPSA) is 42.9 Å². The van der Waals surface area contributed by atoms with E-state index in [4.69, 9.17) is 0 Å². The lowest BCUT2D eigenvalue weighted by Gasteiger charge is -2.36. The number of piperidine rings is 1. The fraction of sp³-hybridized carbons (Fsp3) is 0.682. The molecule has 3 rings (SSSR count). The molecule has 1 unspecified atom stereocenters. The Hall–Kier alpha value is -1.73. The van der Waals surface area contributed by atoms with Crippen LogP contribution in [0.25, 0.3) is 0 Å². The van der Waals surface area contributed by atoms with E-state index in [1.165, 1.54) is 43.9 Å². The molecule has 1 aromatic carbocycles. The summed E-state index contributed by atoms with van der Waals surface area (Å²) in [5, 5.41) is 6.77. The van der Waals surface area contributed by atoms with Crippen LogP contribution in [-0.4, -0.2) is 68.6 Å². The predicted octanol–water partition coefficient (Wildman–Crippen LogP) is 3.14. The summed E-state index contributed by atoms with van der Waals surface area (Å²) in [6.45, 7) is 2.62. The third kappa shape index (κ3) is 5.66. The molecule has 29 heavy (non-hydrogen) atoms. The van der Waals surface area contributed by atoms with Crippen LogP contribution in [0.1, 0.15) is 50.1 Å². The standard InChI is InChI=1S/C22H35F2N5/c1-25-22(27-16-11-13-29(14-12-16)17-7-4-5-8-17)26-15-20(28(2)3)21-18(23)9-6-10-19(21)24/h6,9-10,16-17,20H,4-5,7-8,11-15H2,1-3H3,(H2,25,26,27). The highest BCUT2D eigenvalue weighted by Crippen LogP contribution is 2.26. The molecule has 0 bridgehead atoms. The van der Waals surface area contributed by atoms with Crippen molar-refractivity contribution in [3.05, 3.63) is 35.4 Å². The van der Waals surface area contributed by atoms with Gasteiger partial charge in [0.15, 0.2) is 5.96 Å². The quantitative estimate of drug-likeness (QED) is 0.562. The monoisotopic (exact) mass is 407 g/mol. The lowest BCUT2D eigenvalue weighted by atomic mass is 10.0. The van der Waals surface area contributed by atoms with Crippen LogP contribution in [0.15, 0.2) is 23.2 Å². The van der Waals surface area contributed by atoms with Crippen LogP contribution in [0.4, 0.5) is 8.78 Å². The second kappa shape index (κ2) is 10.3. The average Bonchev–Trinajstić information content (AvgIpc) is 3.24. The fourth-order valence-corrected chi connectivity index (χ4v) is 4.63. The van der Waals surface area contributed by atoms with E-state index in [1.54, 1.807) is 7.05 Å². The molecule has 1 aliphatic carbocycles. The molecule has 1 atom stereocenters. The van der Waals surface area contributed by atoms with E-state index in [2.05, 4.69) is 20.5 Å². The molecular formula is C22H35F2N5. The minimum atomic E-state index is -0.521. The van der Waals surface area contributed by atoms with Gasteiger partial charge >= 0.3 is 0 Å². The van der Waals surface area contributed by atoms with Gasteiger partial charge < -0.3 is 20.4 Å². The highest BCUT2D eigenvalue weighted by atomic mass is 19.1. The van der Waals surface area contributed by atoms with Crippen molar-refractivity contribution in [3.63, 3.8) is 0 Å². The van der Waals surface area contributed by atoms with Gasteiger partial charge in [-0.05, 0) is 51.9 Å². The third-order valence-corrected chi connectivity index (χ3v) is 6.35. The number of hydrogen-bond acceptors (Lipinski definition) is 3. The van der Waals surface area contributed by atoms with E-state index in [1.807, 2.05) is 19.0 Å². The van der Waals surface area contributed by atoms with Crippen LogP contribution in [0.3, 0.4) is 0 Å². The van der Waals surface area contributed by atoms with Crippen LogP contribution >= 0.6 is 0 Å². The lowest BCUT2D eigenvalue weighted by Crippen LogP contribution is -2.51. The summed E-state index contributed by atoms with van der Waals surface area (Å²) < 4.78 is 28.5. The van der Waals surface area contributed by atoms with Crippen LogP contribution in [0.5, 0.6) is 0 Å². The van der Waals surface area contributed by atoms with Crippen molar-refractivity contribution < 1.29 is 8.78 Å². The normalized spacial score (nSPS) is 21.0. The minimum Gasteiger partial charge on any atom is -0.354 e. The van der Waals surface area contributed by atoms with E-state index in [0.717, 1.165) is 32.0 Å². The highest BCUT2D eigenvalue weighted by Gasteiger charge is 2.28. The van der Waals surface area contributed by atoms with Crippen molar-refractivity contribution in [3.8, 4) is 0 Å². The Labute approximate surface area is 173 Å². The Morgan fingerprint density at radius 2 is 1.76 bits per heavy atom. The highest BCUT2D eigenvalue weighted by molar-refractivity contribution is 5.80. The number of hydrogen-bond donors (Lipinski definition) is 2.